The van der Waals surface area contributed by atoms with Gasteiger partial charge in [-0.2, -0.15) is 4.31 Å². The molecule has 6 nitrogen and oxygen atoms in total. The van der Waals surface area contributed by atoms with Gasteiger partial charge in [-0.15, -0.1) is 0 Å². The Morgan fingerprint density at radius 2 is 1.75 bits per heavy atom. The average molecular weight is 426 g/mol. The molecule has 1 N–H and O–H groups in total. The molecule has 1 unspecified atom stereocenters. The quantitative estimate of drug-likeness (QED) is 0.799. The smallest absolute Gasteiger partial charge is 0.243 e. The number of benzene rings is 2. The average Bonchev–Trinajstić information content (AvgIpc) is 2.68. The van der Waals surface area contributed by atoms with Gasteiger partial charge in [-0.3, -0.25) is 9.69 Å². The summed E-state index contributed by atoms with van der Waals surface area (Å²) in [4.78, 5) is 14.5. The van der Waals surface area contributed by atoms with E-state index in [0.717, 1.165) is 0 Å². The van der Waals surface area contributed by atoms with E-state index in [2.05, 4.69) is 5.32 Å². The highest BCUT2D eigenvalue weighted by molar-refractivity contribution is 7.89. The van der Waals surface area contributed by atoms with Crippen molar-refractivity contribution in [1.29, 1.82) is 0 Å². The van der Waals surface area contributed by atoms with E-state index in [1.165, 1.54) is 34.6 Å². The maximum absolute atomic E-state index is 13.3. The Morgan fingerprint density at radius 1 is 1.11 bits per heavy atom. The molecule has 1 aliphatic heterocycles. The highest BCUT2D eigenvalue weighted by Gasteiger charge is 2.31. The van der Waals surface area contributed by atoms with E-state index < -0.39 is 21.9 Å². The number of carbonyl (C=O) groups excluding carboxylic acids is 1. The van der Waals surface area contributed by atoms with E-state index in [1.54, 1.807) is 25.1 Å². The predicted molar refractivity (Wildman–Crippen MR) is 106 cm³/mol. The summed E-state index contributed by atoms with van der Waals surface area (Å²) in [6, 6.07) is 11.3. The lowest BCUT2D eigenvalue weighted by atomic mass is 10.2. The van der Waals surface area contributed by atoms with Crippen LogP contribution in [0, 0.1) is 5.82 Å². The van der Waals surface area contributed by atoms with Gasteiger partial charge in [0.25, 0.3) is 0 Å². The summed E-state index contributed by atoms with van der Waals surface area (Å²) in [5.41, 5.74) is 0.390. The Labute approximate surface area is 168 Å². The minimum Gasteiger partial charge on any atom is -0.325 e. The number of rotatable bonds is 5. The number of hydrogen-bond acceptors (Lipinski definition) is 4. The largest absolute Gasteiger partial charge is 0.325 e. The van der Waals surface area contributed by atoms with Crippen LogP contribution in [-0.2, 0) is 14.8 Å². The normalized spacial score (nSPS) is 17.2. The first-order valence-corrected chi connectivity index (χ1v) is 10.7. The van der Waals surface area contributed by atoms with Crippen LogP contribution in [0.1, 0.15) is 6.92 Å². The standard InChI is InChI=1S/C19H21ClFN3O3S/c1-14(19(25)22-17-4-2-3-16(21)13-17)23-9-11-24(12-10-23)28(26,27)18-7-5-15(20)6-8-18/h2-8,13-14H,9-12H2,1H3,(H,22,25). The van der Waals surface area contributed by atoms with Gasteiger partial charge in [0.05, 0.1) is 10.9 Å². The number of amides is 1. The molecule has 2 aromatic rings. The molecule has 1 amide bonds. The fourth-order valence-corrected chi connectivity index (χ4v) is 4.61. The lowest BCUT2D eigenvalue weighted by Gasteiger charge is -2.36. The molecule has 1 saturated heterocycles. The molecule has 0 saturated carbocycles. The lowest BCUT2D eigenvalue weighted by molar-refractivity contribution is -0.121. The Balaban J connectivity index is 1.59. The molecule has 150 valence electrons. The van der Waals surface area contributed by atoms with Crippen molar-refractivity contribution >= 4 is 33.2 Å². The van der Waals surface area contributed by atoms with E-state index >= 15 is 0 Å². The van der Waals surface area contributed by atoms with Gasteiger partial charge in [0.2, 0.25) is 15.9 Å². The molecular formula is C19H21ClFN3O3S. The van der Waals surface area contributed by atoms with Crippen LogP contribution in [0.25, 0.3) is 0 Å². The third-order valence-electron chi connectivity index (χ3n) is 4.74. The summed E-state index contributed by atoms with van der Waals surface area (Å²) >= 11 is 5.82. The second kappa shape index (κ2) is 8.57. The summed E-state index contributed by atoms with van der Waals surface area (Å²) < 4.78 is 40.1. The van der Waals surface area contributed by atoms with E-state index in [-0.39, 0.29) is 23.9 Å². The molecule has 1 fully saturated rings. The Bertz CT molecular complexity index is 945. The number of anilines is 1. The van der Waals surface area contributed by atoms with Crippen LogP contribution >= 0.6 is 11.6 Å². The second-order valence-corrected chi connectivity index (χ2v) is 8.94. The number of sulfonamides is 1. The van der Waals surface area contributed by atoms with E-state index in [0.29, 0.717) is 23.8 Å². The monoisotopic (exact) mass is 425 g/mol. The van der Waals surface area contributed by atoms with E-state index in [1.807, 2.05) is 4.90 Å². The highest BCUT2D eigenvalue weighted by Crippen LogP contribution is 2.20. The highest BCUT2D eigenvalue weighted by atomic mass is 35.5. The number of carbonyl (C=O) groups is 1. The van der Waals surface area contributed by atoms with Crippen LogP contribution < -0.4 is 5.32 Å². The van der Waals surface area contributed by atoms with Gasteiger partial charge in [-0.05, 0) is 49.4 Å². The van der Waals surface area contributed by atoms with Crippen LogP contribution in [0.4, 0.5) is 10.1 Å². The van der Waals surface area contributed by atoms with Gasteiger partial charge in [-0.25, -0.2) is 12.8 Å². The van der Waals surface area contributed by atoms with E-state index in [9.17, 15) is 17.6 Å². The maximum Gasteiger partial charge on any atom is 0.243 e. The summed E-state index contributed by atoms with van der Waals surface area (Å²) in [6.07, 6.45) is 0. The van der Waals surface area contributed by atoms with E-state index in [4.69, 9.17) is 11.6 Å². The zero-order valence-corrected chi connectivity index (χ0v) is 16.9. The molecular weight excluding hydrogens is 405 g/mol. The number of hydrogen-bond donors (Lipinski definition) is 1. The SMILES string of the molecule is CC(C(=O)Nc1cccc(F)c1)N1CCN(S(=O)(=O)c2ccc(Cl)cc2)CC1. The first kappa shape index (κ1) is 20.7. The third-order valence-corrected chi connectivity index (χ3v) is 6.91. The van der Waals surface area contributed by atoms with Gasteiger partial charge in [0, 0.05) is 36.9 Å². The summed E-state index contributed by atoms with van der Waals surface area (Å²) in [5.74, 6) is -0.689. The fourth-order valence-electron chi connectivity index (χ4n) is 3.07. The number of piperazine rings is 1. The molecule has 3 rings (SSSR count). The van der Waals surface area contributed by atoms with Crippen molar-refractivity contribution in [1.82, 2.24) is 9.21 Å². The molecule has 28 heavy (non-hydrogen) atoms. The summed E-state index contributed by atoms with van der Waals surface area (Å²) in [7, 11) is -3.60. The molecule has 0 spiro atoms. The van der Waals surface area contributed by atoms with Crippen molar-refractivity contribution in [2.24, 2.45) is 0 Å². The number of nitrogens with zero attached hydrogens (tertiary/aromatic N) is 2. The van der Waals surface area contributed by atoms with Crippen molar-refractivity contribution < 1.29 is 17.6 Å². The molecule has 1 aliphatic rings. The molecule has 0 aliphatic carbocycles. The summed E-state index contributed by atoms with van der Waals surface area (Å²) in [6.45, 7) is 3.15. The van der Waals surface area contributed by atoms with Crippen LogP contribution in [-0.4, -0.2) is 55.8 Å². The topological polar surface area (TPSA) is 69.7 Å². The molecule has 0 radical (unpaired) electrons. The molecule has 1 atom stereocenters. The maximum atomic E-state index is 13.3. The first-order valence-electron chi connectivity index (χ1n) is 8.83. The van der Waals surface area contributed by atoms with Crippen molar-refractivity contribution in [2.45, 2.75) is 17.9 Å². The van der Waals surface area contributed by atoms with Gasteiger partial charge >= 0.3 is 0 Å². The molecule has 1 heterocycles. The van der Waals surface area contributed by atoms with Gasteiger partial charge in [-0.1, -0.05) is 17.7 Å². The van der Waals surface area contributed by atoms with Crippen LogP contribution in [0.15, 0.2) is 53.4 Å². The molecule has 0 aromatic heterocycles. The van der Waals surface area contributed by atoms with Gasteiger partial charge in [0.1, 0.15) is 5.82 Å². The van der Waals surface area contributed by atoms with Gasteiger partial charge < -0.3 is 5.32 Å². The Morgan fingerprint density at radius 3 is 2.36 bits per heavy atom. The van der Waals surface area contributed by atoms with Crippen molar-refractivity contribution in [3.05, 3.63) is 59.4 Å². The summed E-state index contributed by atoms with van der Waals surface area (Å²) in [5, 5.41) is 3.16. The fraction of sp³-hybridized carbons (Fsp3) is 0.316. The third kappa shape index (κ3) is 4.70. The molecule has 9 heteroatoms. The molecule has 2 aromatic carbocycles. The Kier molecular flexibility index (Phi) is 6.34. The van der Waals surface area contributed by atoms with Crippen LogP contribution in [0.3, 0.4) is 0 Å². The van der Waals surface area contributed by atoms with Crippen LogP contribution in [0.2, 0.25) is 5.02 Å². The predicted octanol–water partition coefficient (Wildman–Crippen LogP) is 2.81. The minimum absolute atomic E-state index is 0.197. The molecule has 0 bridgehead atoms. The Hall–Kier alpha value is -2.00. The van der Waals surface area contributed by atoms with Crippen molar-refractivity contribution in [3.8, 4) is 0 Å². The number of nitrogens with one attached hydrogen (secondary N) is 1. The van der Waals surface area contributed by atoms with Crippen molar-refractivity contribution in [3.63, 3.8) is 0 Å². The zero-order valence-electron chi connectivity index (χ0n) is 15.3. The second-order valence-electron chi connectivity index (χ2n) is 6.57. The zero-order chi connectivity index (χ0) is 20.3. The first-order chi connectivity index (χ1) is 13.3. The van der Waals surface area contributed by atoms with Gasteiger partial charge in [0.15, 0.2) is 0 Å². The lowest BCUT2D eigenvalue weighted by Crippen LogP contribution is -2.53. The van der Waals surface area contributed by atoms with Crippen molar-refractivity contribution in [2.75, 3.05) is 31.5 Å². The minimum atomic E-state index is -3.60. The van der Waals surface area contributed by atoms with Crippen LogP contribution in [0.5, 0.6) is 0 Å². The number of halogens is 2.